The van der Waals surface area contributed by atoms with Crippen LogP contribution in [0.2, 0.25) is 5.02 Å². The third-order valence-corrected chi connectivity index (χ3v) is 9.59. The van der Waals surface area contributed by atoms with Crippen LogP contribution in [0.25, 0.3) is 6.08 Å². The van der Waals surface area contributed by atoms with Gasteiger partial charge in [0.15, 0.2) is 5.04 Å². The molecule has 6 rings (SSSR count). The number of anilines is 2. The van der Waals surface area contributed by atoms with Gasteiger partial charge in [0, 0.05) is 10.7 Å². The summed E-state index contributed by atoms with van der Waals surface area (Å²) in [6, 6.07) is 30.1. The van der Waals surface area contributed by atoms with Gasteiger partial charge in [-0.05, 0) is 71.2 Å². The predicted octanol–water partition coefficient (Wildman–Crippen LogP) is 7.58. The Morgan fingerprint density at radius 1 is 0.838 bits per heavy atom. The molecule has 0 radical (unpaired) electrons. The molecule has 1 fully saturated rings. The summed E-state index contributed by atoms with van der Waals surface area (Å²) in [5.74, 6) is -0.330. The summed E-state index contributed by atoms with van der Waals surface area (Å²) in [6.45, 7) is 0. The Morgan fingerprint density at radius 2 is 1.54 bits per heavy atom. The first-order valence-electron chi connectivity index (χ1n) is 11.3. The SMILES string of the molecule is O=C(C1=NN(c2ccc(Cl)cc2)C2(S1)S/C(=C\c1ccccc1)C(=O)N2c1ccccc1)c1cccs1. The van der Waals surface area contributed by atoms with Crippen molar-refractivity contribution in [3.8, 4) is 0 Å². The molecule has 2 aliphatic rings. The smallest absolute Gasteiger partial charge is 0.268 e. The van der Waals surface area contributed by atoms with E-state index in [9.17, 15) is 9.59 Å². The molecule has 5 nitrogen and oxygen atoms in total. The second-order valence-corrected chi connectivity index (χ2v) is 12.2. The number of thioether (sulfide) groups is 2. The van der Waals surface area contributed by atoms with Crippen LogP contribution >= 0.6 is 46.5 Å². The Kier molecular flexibility index (Phi) is 6.42. The average molecular weight is 560 g/mol. The number of Topliss-reactive ketones (excluding diaryl/α,β-unsaturated/α-hetero) is 1. The number of carbonyl (C=O) groups excluding carboxylic acids is 2. The number of halogens is 1. The number of para-hydroxylation sites is 1. The van der Waals surface area contributed by atoms with Gasteiger partial charge in [-0.2, -0.15) is 5.10 Å². The Balaban J connectivity index is 1.52. The number of hydrogen-bond acceptors (Lipinski definition) is 7. The van der Waals surface area contributed by atoms with Gasteiger partial charge in [0.05, 0.1) is 15.5 Å². The summed E-state index contributed by atoms with van der Waals surface area (Å²) in [6.07, 6.45) is 1.89. The molecule has 182 valence electrons. The molecule has 1 saturated heterocycles. The van der Waals surface area contributed by atoms with E-state index in [1.165, 1.54) is 34.9 Å². The Hall–Kier alpha value is -3.30. The van der Waals surface area contributed by atoms with Crippen molar-refractivity contribution >= 4 is 80.6 Å². The zero-order chi connectivity index (χ0) is 25.4. The summed E-state index contributed by atoms with van der Waals surface area (Å²) in [4.78, 5) is 30.4. The number of amides is 1. The van der Waals surface area contributed by atoms with E-state index in [4.69, 9.17) is 16.7 Å². The molecule has 1 unspecified atom stereocenters. The van der Waals surface area contributed by atoms with E-state index in [-0.39, 0.29) is 11.7 Å². The standard InChI is InChI=1S/C28H18ClN3O2S3/c29-20-13-15-22(16-14-20)32-28(37-26(30-32)25(33)23-12-7-17-35-23)31(21-10-5-2-6-11-21)27(34)24(36-28)18-19-8-3-1-4-9-19/h1-18H/b24-18-. The molecule has 2 aliphatic heterocycles. The number of thiophene rings is 1. The minimum atomic E-state index is -1.09. The van der Waals surface area contributed by atoms with Crippen molar-refractivity contribution in [3.63, 3.8) is 0 Å². The van der Waals surface area contributed by atoms with Crippen LogP contribution in [0.1, 0.15) is 15.2 Å². The Bertz CT molecular complexity index is 1520. The molecule has 4 aromatic rings. The minimum Gasteiger partial charge on any atom is -0.285 e. The molecule has 1 spiro atoms. The molecule has 1 aromatic heterocycles. The van der Waals surface area contributed by atoms with Gasteiger partial charge in [0.2, 0.25) is 10.1 Å². The third-order valence-electron chi connectivity index (χ3n) is 5.75. The lowest BCUT2D eigenvalue weighted by Gasteiger charge is -2.38. The highest BCUT2D eigenvalue weighted by Crippen LogP contribution is 2.59. The molecule has 9 heteroatoms. The molecule has 1 amide bonds. The van der Waals surface area contributed by atoms with E-state index >= 15 is 0 Å². The lowest BCUT2D eigenvalue weighted by Crippen LogP contribution is -2.51. The van der Waals surface area contributed by atoms with Crippen molar-refractivity contribution in [3.05, 3.63) is 123 Å². The maximum Gasteiger partial charge on any atom is 0.268 e. The lowest BCUT2D eigenvalue weighted by molar-refractivity contribution is -0.114. The number of hydrogen-bond donors (Lipinski definition) is 0. The van der Waals surface area contributed by atoms with Crippen LogP contribution in [0.4, 0.5) is 11.4 Å². The van der Waals surface area contributed by atoms with Crippen molar-refractivity contribution in [1.82, 2.24) is 0 Å². The van der Waals surface area contributed by atoms with Crippen LogP contribution in [-0.4, -0.2) is 21.1 Å². The third kappa shape index (κ3) is 4.40. The largest absolute Gasteiger partial charge is 0.285 e. The molecule has 3 aromatic carbocycles. The van der Waals surface area contributed by atoms with Crippen molar-refractivity contribution in [2.45, 2.75) is 4.33 Å². The zero-order valence-corrected chi connectivity index (χ0v) is 22.4. The molecule has 3 heterocycles. The fourth-order valence-electron chi connectivity index (χ4n) is 4.08. The van der Waals surface area contributed by atoms with Gasteiger partial charge in [0.1, 0.15) is 0 Å². The van der Waals surface area contributed by atoms with E-state index in [1.807, 2.05) is 90.3 Å². The highest BCUT2D eigenvalue weighted by atomic mass is 35.5. The fourth-order valence-corrected chi connectivity index (χ4v) is 7.87. The molecule has 0 N–H and O–H groups in total. The predicted molar refractivity (Wildman–Crippen MR) is 156 cm³/mol. The van der Waals surface area contributed by atoms with Crippen LogP contribution in [-0.2, 0) is 4.79 Å². The summed E-state index contributed by atoms with van der Waals surface area (Å²) >= 11 is 10.2. The highest BCUT2D eigenvalue weighted by Gasteiger charge is 2.60. The number of nitrogens with zero attached hydrogens (tertiary/aromatic N) is 3. The number of benzene rings is 3. The quantitative estimate of drug-likeness (QED) is 0.186. The van der Waals surface area contributed by atoms with E-state index in [0.717, 1.165) is 5.56 Å². The number of rotatable bonds is 5. The zero-order valence-electron chi connectivity index (χ0n) is 19.2. The van der Waals surface area contributed by atoms with Crippen LogP contribution in [0.5, 0.6) is 0 Å². The van der Waals surface area contributed by atoms with Crippen LogP contribution in [0, 0.1) is 0 Å². The van der Waals surface area contributed by atoms with E-state index in [1.54, 1.807) is 28.1 Å². The molecule has 0 bridgehead atoms. The van der Waals surface area contributed by atoms with Crippen molar-refractivity contribution in [1.29, 1.82) is 0 Å². The first kappa shape index (κ1) is 24.1. The van der Waals surface area contributed by atoms with Crippen molar-refractivity contribution < 1.29 is 9.59 Å². The molecule has 0 aliphatic carbocycles. The average Bonchev–Trinajstić information content (AvgIpc) is 3.65. The molecule has 37 heavy (non-hydrogen) atoms. The van der Waals surface area contributed by atoms with Gasteiger partial charge in [-0.15, -0.1) is 11.3 Å². The molecule has 1 atom stereocenters. The second-order valence-electron chi connectivity index (χ2n) is 8.15. The summed E-state index contributed by atoms with van der Waals surface area (Å²) < 4.78 is -1.09. The first-order valence-corrected chi connectivity index (χ1v) is 14.2. The van der Waals surface area contributed by atoms with Gasteiger partial charge in [-0.1, -0.05) is 78.0 Å². The van der Waals surface area contributed by atoms with E-state index < -0.39 is 4.33 Å². The van der Waals surface area contributed by atoms with Gasteiger partial charge in [-0.3, -0.25) is 14.5 Å². The van der Waals surface area contributed by atoms with Gasteiger partial charge in [-0.25, -0.2) is 5.01 Å². The number of carbonyl (C=O) groups is 2. The van der Waals surface area contributed by atoms with Crippen LogP contribution < -0.4 is 9.91 Å². The lowest BCUT2D eigenvalue weighted by atomic mass is 10.2. The normalized spacial score (nSPS) is 20.2. The summed E-state index contributed by atoms with van der Waals surface area (Å²) in [5, 5.41) is 9.35. The van der Waals surface area contributed by atoms with Crippen molar-refractivity contribution in [2.24, 2.45) is 5.10 Å². The first-order chi connectivity index (χ1) is 18.0. The number of ketones is 1. The summed E-state index contributed by atoms with van der Waals surface area (Å²) in [5.41, 5.74) is 2.34. The van der Waals surface area contributed by atoms with Gasteiger partial charge >= 0.3 is 0 Å². The second kappa shape index (κ2) is 9.87. The van der Waals surface area contributed by atoms with E-state index in [2.05, 4.69) is 0 Å². The monoisotopic (exact) mass is 559 g/mol. The Labute approximate surface area is 231 Å². The maximum absolute atomic E-state index is 14.0. The van der Waals surface area contributed by atoms with Crippen LogP contribution in [0.3, 0.4) is 0 Å². The topological polar surface area (TPSA) is 53.0 Å². The van der Waals surface area contributed by atoms with Crippen molar-refractivity contribution in [2.75, 3.05) is 9.91 Å². The highest BCUT2D eigenvalue weighted by molar-refractivity contribution is 8.29. The van der Waals surface area contributed by atoms with Gasteiger partial charge in [0.25, 0.3) is 5.91 Å². The molecular formula is C28H18ClN3O2S3. The molecular weight excluding hydrogens is 542 g/mol. The van der Waals surface area contributed by atoms with Gasteiger partial charge < -0.3 is 0 Å². The van der Waals surface area contributed by atoms with E-state index in [0.29, 0.717) is 31.2 Å². The number of hydrazone groups is 1. The molecule has 0 saturated carbocycles. The minimum absolute atomic E-state index is 0.161. The fraction of sp³-hybridized carbons (Fsp3) is 0.0357. The summed E-state index contributed by atoms with van der Waals surface area (Å²) in [7, 11) is 0. The Morgan fingerprint density at radius 3 is 2.22 bits per heavy atom. The maximum atomic E-state index is 14.0. The van der Waals surface area contributed by atoms with Crippen LogP contribution in [0.15, 0.2) is 112 Å².